The number of aromatic nitrogens is 1. The van der Waals surface area contributed by atoms with E-state index in [-0.39, 0.29) is 17.9 Å². The van der Waals surface area contributed by atoms with Crippen LogP contribution in [-0.4, -0.2) is 29.4 Å². The predicted molar refractivity (Wildman–Crippen MR) is 58.9 cm³/mol. The van der Waals surface area contributed by atoms with E-state index in [0.717, 1.165) is 5.56 Å². The van der Waals surface area contributed by atoms with Crippen molar-refractivity contribution in [1.29, 1.82) is 0 Å². The van der Waals surface area contributed by atoms with Gasteiger partial charge in [-0.1, -0.05) is 6.07 Å². The molecule has 0 saturated carbocycles. The first kappa shape index (κ1) is 10.6. The van der Waals surface area contributed by atoms with Crippen molar-refractivity contribution in [3.63, 3.8) is 0 Å². The van der Waals surface area contributed by atoms with Crippen molar-refractivity contribution in [3.05, 3.63) is 23.9 Å². The lowest BCUT2D eigenvalue weighted by Crippen LogP contribution is -2.64. The quantitative estimate of drug-likeness (QED) is 0.725. The minimum absolute atomic E-state index is 0.105. The molecular formula is C11H13N3O2. The molecule has 0 aliphatic carbocycles. The fourth-order valence-corrected chi connectivity index (χ4v) is 1.61. The van der Waals surface area contributed by atoms with Gasteiger partial charge in [-0.25, -0.2) is 4.98 Å². The molecule has 1 aromatic rings. The molecule has 0 unspecified atom stereocenters. The van der Waals surface area contributed by atoms with E-state index >= 15 is 0 Å². The number of nitrogens with one attached hydrogen (secondary N) is 1. The average Bonchev–Trinajstić information content (AvgIpc) is 2.25. The van der Waals surface area contributed by atoms with Gasteiger partial charge in [-0.2, -0.15) is 0 Å². The zero-order valence-corrected chi connectivity index (χ0v) is 9.23. The number of nitrogens with zero attached hydrogens (tertiary/aromatic N) is 2. The summed E-state index contributed by atoms with van der Waals surface area (Å²) in [5.74, 6) is 0.346. The molecule has 1 saturated heterocycles. The molecule has 2 amide bonds. The number of carbonyl (C=O) groups excluding carboxylic acids is 2. The van der Waals surface area contributed by atoms with E-state index in [1.807, 2.05) is 13.0 Å². The molecule has 5 heteroatoms. The maximum absolute atomic E-state index is 11.7. The summed E-state index contributed by atoms with van der Waals surface area (Å²) >= 11 is 0. The van der Waals surface area contributed by atoms with Crippen LogP contribution in [0.4, 0.5) is 5.82 Å². The maximum Gasteiger partial charge on any atom is 0.252 e. The number of hydrogen-bond acceptors (Lipinski definition) is 3. The first-order valence-corrected chi connectivity index (χ1v) is 5.09. The van der Waals surface area contributed by atoms with E-state index < -0.39 is 0 Å². The van der Waals surface area contributed by atoms with Gasteiger partial charge in [0, 0.05) is 13.1 Å². The van der Waals surface area contributed by atoms with Crippen LogP contribution in [0.5, 0.6) is 0 Å². The van der Waals surface area contributed by atoms with Gasteiger partial charge < -0.3 is 5.32 Å². The van der Waals surface area contributed by atoms with Crippen LogP contribution in [0.25, 0.3) is 0 Å². The molecule has 0 bridgehead atoms. The van der Waals surface area contributed by atoms with Gasteiger partial charge in [-0.3, -0.25) is 14.5 Å². The van der Waals surface area contributed by atoms with Crippen molar-refractivity contribution in [2.75, 3.05) is 11.4 Å². The third kappa shape index (κ3) is 1.88. The third-order valence-electron chi connectivity index (χ3n) is 2.48. The van der Waals surface area contributed by atoms with Gasteiger partial charge in [-0.05, 0) is 18.6 Å². The second-order valence-corrected chi connectivity index (χ2v) is 3.90. The fraction of sp³-hybridized carbons (Fsp3) is 0.364. The van der Waals surface area contributed by atoms with Gasteiger partial charge in [0.05, 0.1) is 6.54 Å². The molecule has 1 fully saturated rings. The molecule has 1 aliphatic heterocycles. The van der Waals surface area contributed by atoms with E-state index in [0.29, 0.717) is 12.4 Å². The fourth-order valence-electron chi connectivity index (χ4n) is 1.61. The summed E-state index contributed by atoms with van der Waals surface area (Å²) in [4.78, 5) is 28.1. The number of hydrogen-bond donors (Lipinski definition) is 1. The highest BCUT2D eigenvalue weighted by Crippen LogP contribution is 2.19. The Labute approximate surface area is 93.5 Å². The molecule has 1 aromatic heterocycles. The highest BCUT2D eigenvalue weighted by atomic mass is 16.2. The molecule has 0 aromatic carbocycles. The Morgan fingerprint density at radius 1 is 1.56 bits per heavy atom. The minimum Gasteiger partial charge on any atom is -0.343 e. The SMILES string of the molecule is CC(=O)N[C@H]1CN(c2ccc(C)cn2)C1=O. The molecule has 84 valence electrons. The zero-order chi connectivity index (χ0) is 11.7. The van der Waals surface area contributed by atoms with Crippen LogP contribution in [0.1, 0.15) is 12.5 Å². The minimum atomic E-state index is -0.388. The summed E-state index contributed by atoms with van der Waals surface area (Å²) < 4.78 is 0. The molecule has 2 heterocycles. The molecule has 2 rings (SSSR count). The van der Waals surface area contributed by atoms with Crippen LogP contribution < -0.4 is 10.2 Å². The van der Waals surface area contributed by atoms with Crippen LogP contribution in [-0.2, 0) is 9.59 Å². The lowest BCUT2D eigenvalue weighted by atomic mass is 10.1. The smallest absolute Gasteiger partial charge is 0.252 e. The Kier molecular flexibility index (Phi) is 2.60. The topological polar surface area (TPSA) is 62.3 Å². The van der Waals surface area contributed by atoms with E-state index in [9.17, 15) is 9.59 Å². The zero-order valence-electron chi connectivity index (χ0n) is 9.23. The molecule has 1 aliphatic rings. The van der Waals surface area contributed by atoms with E-state index in [2.05, 4.69) is 10.3 Å². The van der Waals surface area contributed by atoms with Crippen molar-refractivity contribution in [2.24, 2.45) is 0 Å². The summed E-state index contributed by atoms with van der Waals surface area (Å²) in [7, 11) is 0. The number of carbonyl (C=O) groups is 2. The normalized spacial score (nSPS) is 19.2. The first-order valence-electron chi connectivity index (χ1n) is 5.09. The van der Waals surface area contributed by atoms with E-state index in [1.54, 1.807) is 17.2 Å². The molecule has 0 radical (unpaired) electrons. The summed E-state index contributed by atoms with van der Waals surface area (Å²) in [5, 5.41) is 2.58. The number of pyridine rings is 1. The standard InChI is InChI=1S/C11H13N3O2/c1-7-3-4-10(12-5-7)14-6-9(11(14)16)13-8(2)15/h3-5,9H,6H2,1-2H3,(H,13,15)/t9-/m0/s1. The summed E-state index contributed by atoms with van der Waals surface area (Å²) in [6.07, 6.45) is 1.72. The van der Waals surface area contributed by atoms with Gasteiger partial charge >= 0.3 is 0 Å². The predicted octanol–water partition coefficient (Wildman–Crippen LogP) is 0.241. The number of amides is 2. The second kappa shape index (κ2) is 3.92. The van der Waals surface area contributed by atoms with Crippen LogP contribution in [0, 0.1) is 6.92 Å². The van der Waals surface area contributed by atoms with E-state index in [4.69, 9.17) is 0 Å². The van der Waals surface area contributed by atoms with Crippen molar-refractivity contribution >= 4 is 17.6 Å². The Hall–Kier alpha value is -1.91. The maximum atomic E-state index is 11.7. The van der Waals surface area contributed by atoms with Gasteiger partial charge in [0.25, 0.3) is 5.91 Å². The van der Waals surface area contributed by atoms with Crippen molar-refractivity contribution < 1.29 is 9.59 Å². The average molecular weight is 219 g/mol. The lowest BCUT2D eigenvalue weighted by molar-refractivity contribution is -0.129. The lowest BCUT2D eigenvalue weighted by Gasteiger charge is -2.37. The Morgan fingerprint density at radius 3 is 2.81 bits per heavy atom. The molecule has 1 atom stereocenters. The van der Waals surface area contributed by atoms with Gasteiger partial charge in [-0.15, -0.1) is 0 Å². The largest absolute Gasteiger partial charge is 0.343 e. The summed E-state index contributed by atoms with van der Waals surface area (Å²) in [5.41, 5.74) is 1.05. The first-order chi connectivity index (χ1) is 7.58. The number of β-lactam (4-membered cyclic amide) rings is 1. The number of rotatable bonds is 2. The molecule has 16 heavy (non-hydrogen) atoms. The monoisotopic (exact) mass is 219 g/mol. The van der Waals surface area contributed by atoms with Gasteiger partial charge in [0.1, 0.15) is 11.9 Å². The van der Waals surface area contributed by atoms with E-state index in [1.165, 1.54) is 6.92 Å². The van der Waals surface area contributed by atoms with Crippen molar-refractivity contribution in [3.8, 4) is 0 Å². The van der Waals surface area contributed by atoms with Gasteiger partial charge in [0.2, 0.25) is 5.91 Å². The third-order valence-corrected chi connectivity index (χ3v) is 2.48. The molecular weight excluding hydrogens is 206 g/mol. The molecule has 0 spiro atoms. The number of anilines is 1. The Bertz CT molecular complexity index is 427. The summed E-state index contributed by atoms with van der Waals surface area (Å²) in [6, 6.07) is 3.32. The highest BCUT2D eigenvalue weighted by molar-refractivity contribution is 6.04. The second-order valence-electron chi connectivity index (χ2n) is 3.90. The Balaban J connectivity index is 2.02. The molecule has 5 nitrogen and oxygen atoms in total. The highest BCUT2D eigenvalue weighted by Gasteiger charge is 2.38. The van der Waals surface area contributed by atoms with Crippen molar-refractivity contribution in [1.82, 2.24) is 10.3 Å². The van der Waals surface area contributed by atoms with Crippen molar-refractivity contribution in [2.45, 2.75) is 19.9 Å². The molecule has 1 N–H and O–H groups in total. The van der Waals surface area contributed by atoms with Crippen LogP contribution in [0.3, 0.4) is 0 Å². The van der Waals surface area contributed by atoms with Gasteiger partial charge in [0.15, 0.2) is 0 Å². The van der Waals surface area contributed by atoms with Crippen LogP contribution in [0.15, 0.2) is 18.3 Å². The number of aryl methyl sites for hydroxylation is 1. The summed E-state index contributed by atoms with van der Waals surface area (Å²) in [6.45, 7) is 3.84. The Morgan fingerprint density at radius 2 is 2.31 bits per heavy atom. The van der Waals surface area contributed by atoms with Crippen LogP contribution in [0.2, 0.25) is 0 Å². The van der Waals surface area contributed by atoms with Crippen LogP contribution >= 0.6 is 0 Å².